The zero-order valence-corrected chi connectivity index (χ0v) is 11.6. The molecule has 0 saturated carbocycles. The van der Waals surface area contributed by atoms with E-state index in [2.05, 4.69) is 17.0 Å². The summed E-state index contributed by atoms with van der Waals surface area (Å²) in [5, 5.41) is 3.29. The van der Waals surface area contributed by atoms with Crippen LogP contribution in [0.4, 0.5) is 0 Å². The third-order valence-corrected chi connectivity index (χ3v) is 4.80. The lowest BCUT2D eigenvalue weighted by atomic mass is 10.0. The van der Waals surface area contributed by atoms with Gasteiger partial charge in [0, 0.05) is 18.6 Å². The molecule has 1 aliphatic heterocycles. The molecule has 2 atom stereocenters. The monoisotopic (exact) mass is 268 g/mol. The van der Waals surface area contributed by atoms with Crippen molar-refractivity contribution >= 4 is 10.0 Å². The van der Waals surface area contributed by atoms with Crippen molar-refractivity contribution in [3.05, 3.63) is 29.8 Å². The fraction of sp³-hybridized carbons (Fsp3) is 0.538. The Morgan fingerprint density at radius 1 is 1.33 bits per heavy atom. The van der Waals surface area contributed by atoms with Crippen LogP contribution in [0.15, 0.2) is 29.2 Å². The molecule has 1 fully saturated rings. The first-order valence-corrected chi connectivity index (χ1v) is 7.78. The third kappa shape index (κ3) is 3.31. The minimum Gasteiger partial charge on any atom is -0.313 e. The molecule has 1 heterocycles. The molecule has 1 saturated heterocycles. The van der Waals surface area contributed by atoms with Crippen molar-refractivity contribution in [2.45, 2.75) is 43.7 Å². The number of aryl methyl sites for hydroxylation is 1. The molecule has 18 heavy (non-hydrogen) atoms. The summed E-state index contributed by atoms with van der Waals surface area (Å²) in [7, 11) is -3.39. The molecule has 5 heteroatoms. The van der Waals surface area contributed by atoms with E-state index in [1.54, 1.807) is 18.2 Å². The molecule has 0 amide bonds. The molecule has 0 bridgehead atoms. The highest BCUT2D eigenvalue weighted by atomic mass is 32.2. The highest BCUT2D eigenvalue weighted by Gasteiger charge is 2.23. The van der Waals surface area contributed by atoms with Gasteiger partial charge in [-0.3, -0.25) is 0 Å². The van der Waals surface area contributed by atoms with Crippen molar-refractivity contribution in [2.24, 2.45) is 0 Å². The molecule has 0 spiro atoms. The average molecular weight is 268 g/mol. The average Bonchev–Trinajstić information content (AvgIpc) is 2.32. The van der Waals surface area contributed by atoms with Crippen molar-refractivity contribution < 1.29 is 8.42 Å². The van der Waals surface area contributed by atoms with Crippen LogP contribution in [-0.2, 0) is 10.0 Å². The van der Waals surface area contributed by atoms with Gasteiger partial charge in [0.25, 0.3) is 0 Å². The maximum Gasteiger partial charge on any atom is 0.240 e. The van der Waals surface area contributed by atoms with Gasteiger partial charge in [0.1, 0.15) is 0 Å². The second kappa shape index (κ2) is 5.38. The van der Waals surface area contributed by atoms with E-state index in [9.17, 15) is 8.42 Å². The molecule has 100 valence electrons. The van der Waals surface area contributed by atoms with Crippen molar-refractivity contribution in [1.82, 2.24) is 10.0 Å². The highest BCUT2D eigenvalue weighted by molar-refractivity contribution is 7.89. The Bertz CT molecular complexity index is 505. The van der Waals surface area contributed by atoms with Gasteiger partial charge in [-0.1, -0.05) is 12.1 Å². The van der Waals surface area contributed by atoms with Gasteiger partial charge in [-0.05, 0) is 44.4 Å². The van der Waals surface area contributed by atoms with Crippen LogP contribution in [0.5, 0.6) is 0 Å². The number of sulfonamides is 1. The van der Waals surface area contributed by atoms with Gasteiger partial charge in [-0.15, -0.1) is 0 Å². The first-order valence-electron chi connectivity index (χ1n) is 6.30. The lowest BCUT2D eigenvalue weighted by Gasteiger charge is -2.28. The van der Waals surface area contributed by atoms with Crippen LogP contribution in [-0.4, -0.2) is 27.0 Å². The predicted octanol–water partition coefficient (Wildman–Crippen LogP) is 1.41. The third-order valence-electron chi connectivity index (χ3n) is 3.28. The number of nitrogens with one attached hydrogen (secondary N) is 2. The van der Waals surface area contributed by atoms with Crippen LogP contribution in [0.1, 0.15) is 25.3 Å². The Morgan fingerprint density at radius 2 is 2.11 bits per heavy atom. The normalized spacial score (nSPS) is 25.0. The van der Waals surface area contributed by atoms with E-state index in [0.717, 1.165) is 18.4 Å². The molecule has 0 aromatic heterocycles. The second-order valence-electron chi connectivity index (χ2n) is 5.02. The van der Waals surface area contributed by atoms with E-state index in [0.29, 0.717) is 17.5 Å². The summed E-state index contributed by atoms with van der Waals surface area (Å²) < 4.78 is 27.2. The maximum absolute atomic E-state index is 12.2. The topological polar surface area (TPSA) is 58.2 Å². The van der Waals surface area contributed by atoms with Crippen molar-refractivity contribution in [1.29, 1.82) is 0 Å². The Hall–Kier alpha value is -0.910. The van der Waals surface area contributed by atoms with Crippen molar-refractivity contribution in [3.63, 3.8) is 0 Å². The second-order valence-corrected chi connectivity index (χ2v) is 6.74. The van der Waals surface area contributed by atoms with Crippen LogP contribution in [0.3, 0.4) is 0 Å². The molecule has 1 aliphatic rings. The minimum absolute atomic E-state index is 0.00767. The summed E-state index contributed by atoms with van der Waals surface area (Å²) in [4.78, 5) is 0.348. The standard InChI is InChI=1S/C13H20N2O2S/c1-10-4-3-5-13(8-10)18(16,17)15-12-7-6-11(2)14-9-12/h3-5,8,11-12,14-15H,6-7,9H2,1-2H3. The predicted molar refractivity (Wildman–Crippen MR) is 72.0 cm³/mol. The summed E-state index contributed by atoms with van der Waals surface area (Å²) in [6.45, 7) is 4.71. The van der Waals surface area contributed by atoms with Crippen LogP contribution < -0.4 is 10.0 Å². The SMILES string of the molecule is Cc1cccc(S(=O)(=O)NC2CCC(C)NC2)c1. The first kappa shape index (κ1) is 13.5. The molecular formula is C13H20N2O2S. The number of hydrogen-bond acceptors (Lipinski definition) is 3. The number of piperidine rings is 1. The lowest BCUT2D eigenvalue weighted by Crippen LogP contribution is -2.48. The van der Waals surface area contributed by atoms with Gasteiger partial charge in [0.2, 0.25) is 10.0 Å². The van der Waals surface area contributed by atoms with Crippen LogP contribution in [0.2, 0.25) is 0 Å². The first-order chi connectivity index (χ1) is 8.47. The largest absolute Gasteiger partial charge is 0.313 e. The molecule has 2 unspecified atom stereocenters. The lowest BCUT2D eigenvalue weighted by molar-refractivity contribution is 0.366. The summed E-state index contributed by atoms with van der Waals surface area (Å²) in [6.07, 6.45) is 1.89. The molecular weight excluding hydrogens is 248 g/mol. The van der Waals surface area contributed by atoms with Crippen LogP contribution in [0, 0.1) is 6.92 Å². The summed E-state index contributed by atoms with van der Waals surface area (Å²) in [5.41, 5.74) is 0.952. The molecule has 2 N–H and O–H groups in total. The summed E-state index contributed by atoms with van der Waals surface area (Å²) in [5.74, 6) is 0. The minimum atomic E-state index is -3.39. The zero-order chi connectivity index (χ0) is 13.2. The van der Waals surface area contributed by atoms with Gasteiger partial charge in [-0.2, -0.15) is 0 Å². The van der Waals surface area contributed by atoms with Gasteiger partial charge < -0.3 is 5.32 Å². The Kier molecular flexibility index (Phi) is 4.04. The van der Waals surface area contributed by atoms with Gasteiger partial charge in [0.15, 0.2) is 0 Å². The summed E-state index contributed by atoms with van der Waals surface area (Å²) in [6, 6.07) is 7.46. The van der Waals surface area contributed by atoms with E-state index < -0.39 is 10.0 Å². The maximum atomic E-state index is 12.2. The van der Waals surface area contributed by atoms with E-state index in [-0.39, 0.29) is 6.04 Å². The van der Waals surface area contributed by atoms with Gasteiger partial charge in [0.05, 0.1) is 4.90 Å². The van der Waals surface area contributed by atoms with E-state index in [4.69, 9.17) is 0 Å². The number of benzene rings is 1. The molecule has 0 aliphatic carbocycles. The van der Waals surface area contributed by atoms with E-state index >= 15 is 0 Å². The zero-order valence-electron chi connectivity index (χ0n) is 10.8. The molecule has 2 rings (SSSR count). The Balaban J connectivity index is 2.08. The summed E-state index contributed by atoms with van der Waals surface area (Å²) >= 11 is 0. The van der Waals surface area contributed by atoms with Gasteiger partial charge in [-0.25, -0.2) is 13.1 Å². The molecule has 1 aromatic carbocycles. The molecule has 0 radical (unpaired) electrons. The quantitative estimate of drug-likeness (QED) is 0.871. The van der Waals surface area contributed by atoms with E-state index in [1.165, 1.54) is 0 Å². The van der Waals surface area contributed by atoms with Crippen LogP contribution >= 0.6 is 0 Å². The fourth-order valence-electron chi connectivity index (χ4n) is 2.17. The van der Waals surface area contributed by atoms with Crippen molar-refractivity contribution in [3.8, 4) is 0 Å². The molecule has 1 aromatic rings. The Labute approximate surface area is 109 Å². The highest BCUT2D eigenvalue weighted by Crippen LogP contribution is 2.14. The fourth-order valence-corrected chi connectivity index (χ4v) is 3.54. The van der Waals surface area contributed by atoms with Crippen LogP contribution in [0.25, 0.3) is 0 Å². The number of rotatable bonds is 3. The Morgan fingerprint density at radius 3 is 2.72 bits per heavy atom. The van der Waals surface area contributed by atoms with Crippen molar-refractivity contribution in [2.75, 3.05) is 6.54 Å². The van der Waals surface area contributed by atoms with Gasteiger partial charge >= 0.3 is 0 Å². The van der Waals surface area contributed by atoms with E-state index in [1.807, 2.05) is 13.0 Å². The number of hydrogen-bond donors (Lipinski definition) is 2. The smallest absolute Gasteiger partial charge is 0.240 e. The molecule has 4 nitrogen and oxygen atoms in total.